The van der Waals surface area contributed by atoms with Crippen molar-refractivity contribution in [3.8, 4) is 5.75 Å². The molecule has 0 unspecified atom stereocenters. The van der Waals surface area contributed by atoms with E-state index in [1.54, 1.807) is 6.07 Å². The van der Waals surface area contributed by atoms with Gasteiger partial charge in [0, 0.05) is 0 Å². The zero-order valence-electron chi connectivity index (χ0n) is 10.2. The van der Waals surface area contributed by atoms with Gasteiger partial charge in [0.2, 0.25) is 0 Å². The number of nitrogens with two attached hydrogens (primary N) is 1. The third-order valence-corrected chi connectivity index (χ3v) is 2.63. The topological polar surface area (TPSA) is 35.2 Å². The number of rotatable bonds is 3. The summed E-state index contributed by atoms with van der Waals surface area (Å²) >= 11 is 0. The Balaban J connectivity index is 2.09. The van der Waals surface area contributed by atoms with Crippen LogP contribution in [0.1, 0.15) is 11.1 Å². The summed E-state index contributed by atoms with van der Waals surface area (Å²) in [7, 11) is 0. The lowest BCUT2D eigenvalue weighted by Crippen LogP contribution is -2.05. The molecule has 0 aromatic heterocycles. The van der Waals surface area contributed by atoms with E-state index in [0.29, 0.717) is 5.56 Å². The quantitative estimate of drug-likeness (QED) is 0.683. The first-order valence-corrected chi connectivity index (χ1v) is 5.70. The van der Waals surface area contributed by atoms with Crippen LogP contribution < -0.4 is 10.5 Å². The summed E-state index contributed by atoms with van der Waals surface area (Å²) in [6.45, 7) is -0.0431. The van der Waals surface area contributed by atoms with E-state index in [-0.39, 0.29) is 18.0 Å². The molecule has 0 bridgehead atoms. The van der Waals surface area contributed by atoms with Gasteiger partial charge in [-0.25, -0.2) is 4.39 Å². The summed E-state index contributed by atoms with van der Waals surface area (Å²) in [5.74, 6) is -0.521. The molecule has 2 aromatic carbocycles. The van der Waals surface area contributed by atoms with Crippen LogP contribution in [0, 0.1) is 5.82 Å². The molecule has 0 radical (unpaired) electrons. The Morgan fingerprint density at radius 3 is 2.45 bits per heavy atom. The van der Waals surface area contributed by atoms with Gasteiger partial charge in [0.15, 0.2) is 0 Å². The Kier molecular flexibility index (Phi) is 3.83. The molecule has 2 aromatic rings. The van der Waals surface area contributed by atoms with Crippen molar-refractivity contribution >= 4 is 5.69 Å². The molecule has 0 atom stereocenters. The van der Waals surface area contributed by atoms with Gasteiger partial charge >= 0.3 is 6.18 Å². The maximum Gasteiger partial charge on any atom is 0.416 e. The molecular weight excluding hydrogens is 274 g/mol. The van der Waals surface area contributed by atoms with Crippen LogP contribution in [0.25, 0.3) is 0 Å². The number of benzene rings is 2. The summed E-state index contributed by atoms with van der Waals surface area (Å²) in [5, 5.41) is 0. The van der Waals surface area contributed by atoms with E-state index in [4.69, 9.17) is 10.5 Å². The van der Waals surface area contributed by atoms with Gasteiger partial charge in [-0.2, -0.15) is 13.2 Å². The minimum atomic E-state index is -4.42. The number of nitrogen functional groups attached to an aromatic ring is 1. The van der Waals surface area contributed by atoms with Crippen LogP contribution >= 0.6 is 0 Å². The minimum absolute atomic E-state index is 0.00724. The number of ether oxygens (including phenoxy) is 1. The number of hydrogen-bond donors (Lipinski definition) is 1. The van der Waals surface area contributed by atoms with E-state index in [9.17, 15) is 17.6 Å². The van der Waals surface area contributed by atoms with Crippen LogP contribution in [-0.4, -0.2) is 0 Å². The first-order valence-electron chi connectivity index (χ1n) is 5.70. The van der Waals surface area contributed by atoms with E-state index in [1.165, 1.54) is 24.3 Å². The molecule has 106 valence electrons. The fourth-order valence-electron chi connectivity index (χ4n) is 1.59. The highest BCUT2D eigenvalue weighted by molar-refractivity contribution is 5.41. The highest BCUT2D eigenvalue weighted by Gasteiger charge is 2.30. The number of halogens is 4. The van der Waals surface area contributed by atoms with Gasteiger partial charge in [0.05, 0.1) is 11.3 Å². The third-order valence-electron chi connectivity index (χ3n) is 2.63. The Labute approximate surface area is 112 Å². The van der Waals surface area contributed by atoms with Crippen LogP contribution in [0.5, 0.6) is 5.75 Å². The molecule has 20 heavy (non-hydrogen) atoms. The lowest BCUT2D eigenvalue weighted by Gasteiger charge is -2.10. The molecule has 0 fully saturated rings. The minimum Gasteiger partial charge on any atom is -0.489 e. The number of alkyl halides is 3. The van der Waals surface area contributed by atoms with Crippen molar-refractivity contribution in [2.75, 3.05) is 5.73 Å². The number of anilines is 1. The second-order valence-corrected chi connectivity index (χ2v) is 4.17. The predicted octanol–water partition coefficient (Wildman–Crippen LogP) is 4.01. The lowest BCUT2D eigenvalue weighted by molar-refractivity contribution is -0.137. The molecule has 2 N–H and O–H groups in total. The summed E-state index contributed by atoms with van der Waals surface area (Å²) in [5.41, 5.74) is 5.02. The first kappa shape index (κ1) is 14.2. The van der Waals surface area contributed by atoms with Crippen LogP contribution in [0.3, 0.4) is 0 Å². The van der Waals surface area contributed by atoms with Crippen molar-refractivity contribution in [1.29, 1.82) is 0 Å². The molecule has 0 amide bonds. The van der Waals surface area contributed by atoms with Crippen molar-refractivity contribution in [1.82, 2.24) is 0 Å². The molecule has 0 spiro atoms. The molecule has 0 aliphatic heterocycles. The summed E-state index contributed by atoms with van der Waals surface area (Å²) < 4.78 is 55.9. The van der Waals surface area contributed by atoms with Crippen molar-refractivity contribution in [3.63, 3.8) is 0 Å². The normalized spacial score (nSPS) is 11.4. The van der Waals surface area contributed by atoms with Gasteiger partial charge in [-0.3, -0.25) is 0 Å². The summed E-state index contributed by atoms with van der Waals surface area (Å²) in [6.07, 6.45) is -4.42. The van der Waals surface area contributed by atoms with Crippen LogP contribution in [0.15, 0.2) is 42.5 Å². The van der Waals surface area contributed by atoms with Gasteiger partial charge < -0.3 is 10.5 Å². The Hall–Kier alpha value is -2.24. The third kappa shape index (κ3) is 3.40. The molecular formula is C14H11F4NO. The van der Waals surface area contributed by atoms with E-state index in [0.717, 1.165) is 12.1 Å². The molecule has 0 heterocycles. The van der Waals surface area contributed by atoms with Crippen LogP contribution in [0.2, 0.25) is 0 Å². The van der Waals surface area contributed by atoms with Crippen molar-refractivity contribution < 1.29 is 22.3 Å². The second-order valence-electron chi connectivity index (χ2n) is 4.17. The fourth-order valence-corrected chi connectivity index (χ4v) is 1.59. The van der Waals surface area contributed by atoms with Crippen molar-refractivity contribution in [2.24, 2.45) is 0 Å². The number of hydrogen-bond acceptors (Lipinski definition) is 2. The fraction of sp³-hybridized carbons (Fsp3) is 0.143. The zero-order valence-corrected chi connectivity index (χ0v) is 10.2. The van der Waals surface area contributed by atoms with E-state index >= 15 is 0 Å². The molecule has 0 saturated carbocycles. The summed E-state index contributed by atoms with van der Waals surface area (Å²) in [6, 6.07) is 8.61. The molecule has 2 rings (SSSR count). The van der Waals surface area contributed by atoms with Gasteiger partial charge in [0.25, 0.3) is 0 Å². The highest BCUT2D eigenvalue weighted by Crippen LogP contribution is 2.31. The molecule has 2 nitrogen and oxygen atoms in total. The van der Waals surface area contributed by atoms with E-state index in [1.807, 2.05) is 0 Å². The standard InChI is InChI=1S/C14H11F4NO/c15-12-6-9(4-5-13(12)19)8-20-11-3-1-2-10(7-11)14(16,17)18/h1-7H,8,19H2. The summed E-state index contributed by atoms with van der Waals surface area (Å²) in [4.78, 5) is 0. The van der Waals surface area contributed by atoms with Crippen molar-refractivity contribution in [2.45, 2.75) is 12.8 Å². The molecule has 0 aliphatic rings. The smallest absolute Gasteiger partial charge is 0.416 e. The predicted molar refractivity (Wildman–Crippen MR) is 66.6 cm³/mol. The maximum absolute atomic E-state index is 13.2. The molecule has 0 saturated heterocycles. The van der Waals surface area contributed by atoms with Crippen molar-refractivity contribution in [3.05, 3.63) is 59.4 Å². The Bertz CT molecular complexity index is 610. The average molecular weight is 285 g/mol. The average Bonchev–Trinajstić information content (AvgIpc) is 2.39. The lowest BCUT2D eigenvalue weighted by atomic mass is 10.2. The second kappa shape index (κ2) is 5.40. The van der Waals surface area contributed by atoms with Gasteiger partial charge in [0.1, 0.15) is 18.2 Å². The first-order chi connectivity index (χ1) is 9.36. The molecule has 6 heteroatoms. The Morgan fingerprint density at radius 1 is 1.05 bits per heavy atom. The molecule has 0 aliphatic carbocycles. The van der Waals surface area contributed by atoms with E-state index in [2.05, 4.69) is 0 Å². The highest BCUT2D eigenvalue weighted by atomic mass is 19.4. The maximum atomic E-state index is 13.2. The SMILES string of the molecule is Nc1ccc(COc2cccc(C(F)(F)F)c2)cc1F. The van der Waals surface area contributed by atoms with Gasteiger partial charge in [-0.15, -0.1) is 0 Å². The van der Waals surface area contributed by atoms with Gasteiger partial charge in [-0.05, 0) is 35.9 Å². The van der Waals surface area contributed by atoms with E-state index < -0.39 is 17.6 Å². The van der Waals surface area contributed by atoms with Crippen LogP contribution in [0.4, 0.5) is 23.2 Å². The monoisotopic (exact) mass is 285 g/mol. The largest absolute Gasteiger partial charge is 0.489 e. The zero-order chi connectivity index (χ0) is 14.8. The Morgan fingerprint density at radius 2 is 1.80 bits per heavy atom. The van der Waals surface area contributed by atoms with Gasteiger partial charge in [-0.1, -0.05) is 12.1 Å². The van der Waals surface area contributed by atoms with Crippen LogP contribution in [-0.2, 0) is 12.8 Å².